The van der Waals surface area contributed by atoms with Gasteiger partial charge in [-0.15, -0.1) is 0 Å². The van der Waals surface area contributed by atoms with E-state index in [1.165, 1.54) is 0 Å². The Morgan fingerprint density at radius 3 is 2.81 bits per heavy atom. The molecule has 1 aliphatic heterocycles. The second kappa shape index (κ2) is 4.49. The molecule has 0 saturated carbocycles. The van der Waals surface area contributed by atoms with Crippen LogP contribution in [0.5, 0.6) is 11.5 Å². The van der Waals surface area contributed by atoms with Crippen LogP contribution < -0.4 is 10.2 Å². The molecule has 2 heterocycles. The highest BCUT2D eigenvalue weighted by Gasteiger charge is 2.24. The zero-order chi connectivity index (χ0) is 14.4. The molecular weight excluding hydrogens is 272 g/mol. The zero-order valence-corrected chi connectivity index (χ0v) is 11.0. The molecule has 1 atom stereocenters. The van der Waals surface area contributed by atoms with E-state index < -0.39 is 0 Å². The van der Waals surface area contributed by atoms with E-state index in [4.69, 9.17) is 13.9 Å². The molecule has 1 aliphatic rings. The van der Waals surface area contributed by atoms with Gasteiger partial charge in [0.2, 0.25) is 5.43 Å². The molecule has 5 heteroatoms. The predicted octanol–water partition coefficient (Wildman–Crippen LogP) is 2.43. The highest BCUT2D eigenvalue weighted by molar-refractivity contribution is 5.94. The van der Waals surface area contributed by atoms with Crippen molar-refractivity contribution in [1.29, 1.82) is 0 Å². The molecule has 1 aromatic heterocycles. The van der Waals surface area contributed by atoms with Crippen LogP contribution in [-0.4, -0.2) is 24.4 Å². The van der Waals surface area contributed by atoms with Gasteiger partial charge in [0.25, 0.3) is 0 Å². The third-order valence-electron chi connectivity index (χ3n) is 3.51. The first-order valence-corrected chi connectivity index (χ1v) is 6.66. The van der Waals surface area contributed by atoms with Crippen molar-refractivity contribution in [2.24, 2.45) is 0 Å². The molecule has 0 aliphatic carbocycles. The molecule has 1 fully saturated rings. The number of phenols is 1. The highest BCUT2D eigenvalue weighted by atomic mass is 16.6. The van der Waals surface area contributed by atoms with E-state index in [9.17, 15) is 9.90 Å². The van der Waals surface area contributed by atoms with Crippen LogP contribution in [0.3, 0.4) is 0 Å². The molecular formula is C16H12O5. The SMILES string of the molecule is O=c1c2ccccc2oc2ccc(OCC3CO3)c(O)c12. The highest BCUT2D eigenvalue weighted by Crippen LogP contribution is 2.34. The second-order valence-electron chi connectivity index (χ2n) is 4.98. The maximum Gasteiger partial charge on any atom is 0.204 e. The second-order valence-corrected chi connectivity index (χ2v) is 4.98. The lowest BCUT2D eigenvalue weighted by Gasteiger charge is -2.09. The minimum absolute atomic E-state index is 0.0770. The van der Waals surface area contributed by atoms with E-state index in [1.54, 1.807) is 36.4 Å². The fourth-order valence-electron chi connectivity index (χ4n) is 2.32. The summed E-state index contributed by atoms with van der Waals surface area (Å²) in [6, 6.07) is 10.2. The maximum atomic E-state index is 12.5. The van der Waals surface area contributed by atoms with Crippen molar-refractivity contribution < 1.29 is 19.0 Å². The van der Waals surface area contributed by atoms with Gasteiger partial charge in [0.15, 0.2) is 11.5 Å². The summed E-state index contributed by atoms with van der Waals surface area (Å²) in [6.45, 7) is 1.03. The summed E-state index contributed by atoms with van der Waals surface area (Å²) in [5.74, 6) is 0.0771. The summed E-state index contributed by atoms with van der Waals surface area (Å²) < 4.78 is 16.2. The third kappa shape index (κ3) is 2.02. The first-order chi connectivity index (χ1) is 10.2. The Labute approximate surface area is 119 Å². The standard InChI is InChI=1S/C16H12O5/c17-15-10-3-1-2-4-11(10)21-12-5-6-13(16(18)14(12)15)20-8-9-7-19-9/h1-6,9,18H,7-8H2. The Morgan fingerprint density at radius 2 is 2.00 bits per heavy atom. The van der Waals surface area contributed by atoms with E-state index >= 15 is 0 Å². The molecule has 0 bridgehead atoms. The lowest BCUT2D eigenvalue weighted by molar-refractivity contribution is 0.254. The van der Waals surface area contributed by atoms with Gasteiger partial charge in [-0.05, 0) is 24.3 Å². The average molecular weight is 284 g/mol. The maximum absolute atomic E-state index is 12.5. The van der Waals surface area contributed by atoms with E-state index in [0.29, 0.717) is 29.8 Å². The lowest BCUT2D eigenvalue weighted by atomic mass is 10.1. The van der Waals surface area contributed by atoms with Gasteiger partial charge in [0, 0.05) is 0 Å². The number of ether oxygens (including phenoxy) is 2. The number of phenolic OH excluding ortho intramolecular Hbond substituents is 1. The van der Waals surface area contributed by atoms with E-state index in [1.807, 2.05) is 0 Å². The lowest BCUT2D eigenvalue weighted by Crippen LogP contribution is -2.06. The molecule has 0 amide bonds. The number of hydrogen-bond acceptors (Lipinski definition) is 5. The van der Waals surface area contributed by atoms with Gasteiger partial charge >= 0.3 is 0 Å². The van der Waals surface area contributed by atoms with Crippen LogP contribution in [0, 0.1) is 0 Å². The summed E-state index contributed by atoms with van der Waals surface area (Å²) in [5.41, 5.74) is 0.568. The smallest absolute Gasteiger partial charge is 0.204 e. The first-order valence-electron chi connectivity index (χ1n) is 6.66. The van der Waals surface area contributed by atoms with Crippen LogP contribution in [0.1, 0.15) is 0 Å². The molecule has 3 aromatic rings. The molecule has 106 valence electrons. The Hall–Kier alpha value is -2.53. The largest absolute Gasteiger partial charge is 0.504 e. The quantitative estimate of drug-likeness (QED) is 0.590. The van der Waals surface area contributed by atoms with Crippen LogP contribution in [0.25, 0.3) is 21.9 Å². The number of aromatic hydroxyl groups is 1. The minimum Gasteiger partial charge on any atom is -0.504 e. The first kappa shape index (κ1) is 12.2. The van der Waals surface area contributed by atoms with Crippen molar-refractivity contribution in [3.63, 3.8) is 0 Å². The minimum atomic E-state index is -0.266. The zero-order valence-electron chi connectivity index (χ0n) is 11.0. The van der Waals surface area contributed by atoms with Gasteiger partial charge in [0.1, 0.15) is 29.3 Å². The summed E-state index contributed by atoms with van der Waals surface area (Å²) in [4.78, 5) is 12.5. The van der Waals surface area contributed by atoms with Crippen LogP contribution in [0.4, 0.5) is 0 Å². The molecule has 2 aromatic carbocycles. The Kier molecular flexibility index (Phi) is 2.62. The van der Waals surface area contributed by atoms with E-state index in [2.05, 4.69) is 0 Å². The van der Waals surface area contributed by atoms with Gasteiger partial charge in [-0.1, -0.05) is 12.1 Å². The van der Waals surface area contributed by atoms with Crippen LogP contribution in [0.15, 0.2) is 45.6 Å². The number of rotatable bonds is 3. The Balaban J connectivity index is 1.92. The monoisotopic (exact) mass is 284 g/mol. The summed E-state index contributed by atoms with van der Waals surface area (Å²) in [5, 5.41) is 10.9. The number of epoxide rings is 1. The number of para-hydroxylation sites is 1. The van der Waals surface area contributed by atoms with Gasteiger partial charge < -0.3 is 19.0 Å². The van der Waals surface area contributed by atoms with E-state index in [-0.39, 0.29) is 28.4 Å². The Bertz CT molecular complexity index is 892. The molecule has 1 saturated heterocycles. The van der Waals surface area contributed by atoms with Gasteiger partial charge in [0.05, 0.1) is 12.0 Å². The molecule has 0 spiro atoms. The van der Waals surface area contributed by atoms with Crippen molar-refractivity contribution in [2.45, 2.75) is 6.10 Å². The van der Waals surface area contributed by atoms with Gasteiger partial charge in [-0.25, -0.2) is 0 Å². The molecule has 4 rings (SSSR count). The third-order valence-corrected chi connectivity index (χ3v) is 3.51. The van der Waals surface area contributed by atoms with Crippen LogP contribution >= 0.6 is 0 Å². The average Bonchev–Trinajstić information content (AvgIpc) is 3.31. The molecule has 21 heavy (non-hydrogen) atoms. The summed E-state index contributed by atoms with van der Waals surface area (Å²) in [7, 11) is 0. The fourth-order valence-corrected chi connectivity index (χ4v) is 2.32. The van der Waals surface area contributed by atoms with Crippen LogP contribution in [0.2, 0.25) is 0 Å². The normalized spacial score (nSPS) is 17.2. The topological polar surface area (TPSA) is 72.2 Å². The van der Waals surface area contributed by atoms with Crippen molar-refractivity contribution >= 4 is 21.9 Å². The van der Waals surface area contributed by atoms with Crippen molar-refractivity contribution in [3.8, 4) is 11.5 Å². The van der Waals surface area contributed by atoms with Crippen molar-refractivity contribution in [3.05, 3.63) is 46.6 Å². The number of hydrogen-bond donors (Lipinski definition) is 1. The fraction of sp³-hybridized carbons (Fsp3) is 0.188. The Morgan fingerprint density at radius 1 is 1.19 bits per heavy atom. The van der Waals surface area contributed by atoms with E-state index in [0.717, 1.165) is 0 Å². The predicted molar refractivity (Wildman–Crippen MR) is 76.9 cm³/mol. The number of fused-ring (bicyclic) bond motifs is 2. The van der Waals surface area contributed by atoms with Crippen LogP contribution in [-0.2, 0) is 4.74 Å². The molecule has 0 radical (unpaired) electrons. The van der Waals surface area contributed by atoms with Gasteiger partial charge in [-0.3, -0.25) is 4.79 Å². The molecule has 1 N–H and O–H groups in total. The molecule has 1 unspecified atom stereocenters. The number of benzene rings is 2. The molecule has 5 nitrogen and oxygen atoms in total. The van der Waals surface area contributed by atoms with Crippen molar-refractivity contribution in [1.82, 2.24) is 0 Å². The van der Waals surface area contributed by atoms with Crippen molar-refractivity contribution in [2.75, 3.05) is 13.2 Å². The summed E-state index contributed by atoms with van der Waals surface area (Å²) >= 11 is 0. The van der Waals surface area contributed by atoms with Gasteiger partial charge in [-0.2, -0.15) is 0 Å². The summed E-state index contributed by atoms with van der Waals surface area (Å²) in [6.07, 6.45) is 0.0770.